The second-order valence-corrected chi connectivity index (χ2v) is 9.99. The van der Waals surface area contributed by atoms with E-state index in [-0.39, 0.29) is 36.8 Å². The molecule has 12 heteroatoms. The first kappa shape index (κ1) is 26.6. The summed E-state index contributed by atoms with van der Waals surface area (Å²) in [5, 5.41) is 9.15. The molecule has 206 valence electrons. The number of alkyl halides is 3. The van der Waals surface area contributed by atoms with Gasteiger partial charge in [-0.3, -0.25) is 0 Å². The average Bonchev–Trinajstić information content (AvgIpc) is 3.33. The van der Waals surface area contributed by atoms with E-state index in [0.717, 1.165) is 31.1 Å². The number of rotatable bonds is 5. The van der Waals surface area contributed by atoms with E-state index in [9.17, 15) is 22.4 Å². The van der Waals surface area contributed by atoms with Crippen molar-refractivity contribution in [3.63, 3.8) is 0 Å². The van der Waals surface area contributed by atoms with Crippen LogP contribution in [-0.4, -0.2) is 64.3 Å². The van der Waals surface area contributed by atoms with E-state index in [0.29, 0.717) is 30.1 Å². The van der Waals surface area contributed by atoms with E-state index >= 15 is 0 Å². The molecule has 2 fully saturated rings. The van der Waals surface area contributed by atoms with Gasteiger partial charge in [-0.2, -0.15) is 18.2 Å². The molecular formula is C27H28F4N6O2. The SMILES string of the molecule is C[C@@H]1CN(c2ncc(C(=O)O)cc2C(F)(F)F)CCN1c1cc(-c2ccc(F)cc2)nc(N2CCC[C@H]2C)n1. The number of anilines is 3. The van der Waals surface area contributed by atoms with E-state index in [4.69, 9.17) is 15.1 Å². The van der Waals surface area contributed by atoms with Crippen LogP contribution in [0.3, 0.4) is 0 Å². The summed E-state index contributed by atoms with van der Waals surface area (Å²) in [6.45, 7) is 5.61. The molecular weight excluding hydrogens is 516 g/mol. The Morgan fingerprint density at radius 1 is 1.00 bits per heavy atom. The summed E-state index contributed by atoms with van der Waals surface area (Å²) in [6.07, 6.45) is -1.77. The van der Waals surface area contributed by atoms with Crippen molar-refractivity contribution in [3.05, 3.63) is 59.5 Å². The van der Waals surface area contributed by atoms with Crippen LogP contribution in [0, 0.1) is 5.82 Å². The highest BCUT2D eigenvalue weighted by Gasteiger charge is 2.38. The van der Waals surface area contributed by atoms with Gasteiger partial charge in [0.1, 0.15) is 17.5 Å². The summed E-state index contributed by atoms with van der Waals surface area (Å²) in [7, 11) is 0. The van der Waals surface area contributed by atoms with Crippen molar-refractivity contribution in [2.45, 2.75) is 44.9 Å². The molecule has 0 amide bonds. The Morgan fingerprint density at radius 3 is 2.36 bits per heavy atom. The van der Waals surface area contributed by atoms with E-state index < -0.39 is 23.3 Å². The Hall–Kier alpha value is -3.96. The summed E-state index contributed by atoms with van der Waals surface area (Å²) in [6, 6.07) is 8.53. The van der Waals surface area contributed by atoms with E-state index in [2.05, 4.69) is 16.8 Å². The van der Waals surface area contributed by atoms with Crippen LogP contribution in [0.15, 0.2) is 42.6 Å². The zero-order valence-electron chi connectivity index (χ0n) is 21.5. The predicted octanol–water partition coefficient (Wildman–Crippen LogP) is 5.10. The number of halogens is 4. The normalized spacial score (nSPS) is 20.0. The quantitative estimate of drug-likeness (QED) is 0.445. The molecule has 2 saturated heterocycles. The van der Waals surface area contributed by atoms with Gasteiger partial charge in [0.25, 0.3) is 0 Å². The van der Waals surface area contributed by atoms with Gasteiger partial charge in [0.05, 0.1) is 16.8 Å². The maximum atomic E-state index is 13.8. The fraction of sp³-hybridized carbons (Fsp3) is 0.407. The smallest absolute Gasteiger partial charge is 0.419 e. The number of carboxylic acid groups (broad SMARTS) is 1. The van der Waals surface area contributed by atoms with E-state index in [1.165, 1.54) is 17.0 Å². The van der Waals surface area contributed by atoms with Gasteiger partial charge in [-0.25, -0.2) is 19.2 Å². The highest BCUT2D eigenvalue weighted by Crippen LogP contribution is 2.37. The van der Waals surface area contributed by atoms with Crippen molar-refractivity contribution in [1.29, 1.82) is 0 Å². The molecule has 0 unspecified atom stereocenters. The van der Waals surface area contributed by atoms with Crippen LogP contribution in [0.25, 0.3) is 11.3 Å². The van der Waals surface area contributed by atoms with Crippen LogP contribution in [0.5, 0.6) is 0 Å². The standard InChI is InChI=1S/C27H28F4N6O2/c1-16-4-3-9-37(16)26-33-22(18-5-7-20(28)8-6-18)13-23(34-26)36-11-10-35(15-17(36)2)24-21(27(29,30)31)12-19(14-32-24)25(38)39/h5-8,12-14,16-17H,3-4,9-11,15H2,1-2H3,(H,38,39)/t16-,17-/m1/s1. The molecule has 0 spiro atoms. The van der Waals surface area contributed by atoms with Gasteiger partial charge < -0.3 is 19.8 Å². The number of hydrogen-bond acceptors (Lipinski definition) is 7. The predicted molar refractivity (Wildman–Crippen MR) is 139 cm³/mol. The molecule has 2 atom stereocenters. The highest BCUT2D eigenvalue weighted by molar-refractivity contribution is 5.88. The third-order valence-corrected chi connectivity index (χ3v) is 7.29. The minimum absolute atomic E-state index is 0.216. The Morgan fingerprint density at radius 2 is 1.74 bits per heavy atom. The van der Waals surface area contributed by atoms with Crippen LogP contribution >= 0.6 is 0 Å². The number of carbonyl (C=O) groups is 1. The minimum Gasteiger partial charge on any atom is -0.478 e. The number of hydrogen-bond donors (Lipinski definition) is 1. The number of nitrogens with zero attached hydrogens (tertiary/aromatic N) is 6. The topological polar surface area (TPSA) is 85.7 Å². The van der Waals surface area contributed by atoms with Gasteiger partial charge in [0, 0.05) is 56.1 Å². The zero-order chi connectivity index (χ0) is 27.9. The lowest BCUT2D eigenvalue weighted by Crippen LogP contribution is -2.53. The highest BCUT2D eigenvalue weighted by atomic mass is 19.4. The zero-order valence-corrected chi connectivity index (χ0v) is 21.5. The van der Waals surface area contributed by atoms with Crippen molar-refractivity contribution in [3.8, 4) is 11.3 Å². The first-order chi connectivity index (χ1) is 18.5. The second kappa shape index (κ2) is 10.3. The molecule has 0 aliphatic carbocycles. The van der Waals surface area contributed by atoms with Crippen LogP contribution in [0.4, 0.5) is 35.1 Å². The molecule has 4 heterocycles. The molecule has 0 bridgehead atoms. The second-order valence-electron chi connectivity index (χ2n) is 9.99. The minimum atomic E-state index is -4.76. The number of piperazine rings is 1. The summed E-state index contributed by atoms with van der Waals surface area (Å²) >= 11 is 0. The summed E-state index contributed by atoms with van der Waals surface area (Å²) in [5.74, 6) is -0.913. The fourth-order valence-corrected chi connectivity index (χ4v) is 5.22. The van der Waals surface area contributed by atoms with Crippen LogP contribution in [0.1, 0.15) is 42.6 Å². The van der Waals surface area contributed by atoms with E-state index in [1.807, 2.05) is 17.9 Å². The maximum absolute atomic E-state index is 13.8. The van der Waals surface area contributed by atoms with Crippen LogP contribution in [-0.2, 0) is 6.18 Å². The first-order valence-electron chi connectivity index (χ1n) is 12.7. The molecule has 0 radical (unpaired) electrons. The van der Waals surface area contributed by atoms with Crippen LogP contribution in [0.2, 0.25) is 0 Å². The Balaban J connectivity index is 1.46. The molecule has 5 rings (SSSR count). The van der Waals surface area contributed by atoms with Crippen molar-refractivity contribution >= 4 is 23.6 Å². The molecule has 1 aromatic carbocycles. The van der Waals surface area contributed by atoms with E-state index in [1.54, 1.807) is 12.1 Å². The van der Waals surface area contributed by atoms with Gasteiger partial charge >= 0.3 is 12.1 Å². The van der Waals surface area contributed by atoms with Gasteiger partial charge in [-0.05, 0) is 57.0 Å². The lowest BCUT2D eigenvalue weighted by molar-refractivity contribution is -0.137. The van der Waals surface area contributed by atoms with Crippen LogP contribution < -0.4 is 14.7 Å². The number of carboxylic acids is 1. The third kappa shape index (κ3) is 5.45. The summed E-state index contributed by atoms with van der Waals surface area (Å²) < 4.78 is 55.1. The number of pyridine rings is 1. The third-order valence-electron chi connectivity index (χ3n) is 7.29. The molecule has 1 N–H and O–H groups in total. The monoisotopic (exact) mass is 544 g/mol. The van der Waals surface area contributed by atoms with Crippen molar-refractivity contribution < 1.29 is 27.5 Å². The lowest BCUT2D eigenvalue weighted by Gasteiger charge is -2.42. The van der Waals surface area contributed by atoms with Gasteiger partial charge in [-0.1, -0.05) is 0 Å². The number of aromatic nitrogens is 3. The summed E-state index contributed by atoms with van der Waals surface area (Å²) in [4.78, 5) is 30.5. The molecule has 2 aliphatic rings. The largest absolute Gasteiger partial charge is 0.478 e. The van der Waals surface area contributed by atoms with Gasteiger partial charge in [0.15, 0.2) is 0 Å². The van der Waals surface area contributed by atoms with Crippen molar-refractivity contribution in [2.75, 3.05) is 40.9 Å². The Bertz CT molecular complexity index is 1370. The maximum Gasteiger partial charge on any atom is 0.419 e. The molecule has 39 heavy (non-hydrogen) atoms. The molecule has 2 aromatic heterocycles. The number of aromatic carboxylic acids is 1. The molecule has 0 saturated carbocycles. The lowest BCUT2D eigenvalue weighted by atomic mass is 10.1. The molecule has 3 aromatic rings. The molecule has 2 aliphatic heterocycles. The van der Waals surface area contributed by atoms with Crippen molar-refractivity contribution in [1.82, 2.24) is 15.0 Å². The molecule has 8 nitrogen and oxygen atoms in total. The summed E-state index contributed by atoms with van der Waals surface area (Å²) in [5.41, 5.74) is -0.226. The first-order valence-corrected chi connectivity index (χ1v) is 12.7. The van der Waals surface area contributed by atoms with Gasteiger partial charge in [-0.15, -0.1) is 0 Å². The fourth-order valence-electron chi connectivity index (χ4n) is 5.22. The number of benzene rings is 1. The Labute approximate surface area is 222 Å². The van der Waals surface area contributed by atoms with Crippen molar-refractivity contribution in [2.24, 2.45) is 0 Å². The van der Waals surface area contributed by atoms with Gasteiger partial charge in [0.2, 0.25) is 5.95 Å². The Kier molecular flexibility index (Phi) is 7.04. The average molecular weight is 545 g/mol.